The molecule has 188 valence electrons. The number of ether oxygens (including phenoxy) is 1. The van der Waals surface area contributed by atoms with Gasteiger partial charge in [-0.3, -0.25) is 4.79 Å². The summed E-state index contributed by atoms with van der Waals surface area (Å²) in [4.78, 5) is 30.4. The Hall–Kier alpha value is -3.64. The van der Waals surface area contributed by atoms with E-state index >= 15 is 0 Å². The van der Waals surface area contributed by atoms with Crippen LogP contribution in [0, 0.1) is 11.3 Å². The number of nitrogens with zero attached hydrogens (tertiary/aromatic N) is 7. The topological polar surface area (TPSA) is 88.8 Å². The molecular formula is C27H33N7O2. The molecule has 3 aliphatic rings. The Morgan fingerprint density at radius 2 is 1.97 bits per heavy atom. The molecule has 1 aromatic carbocycles. The van der Waals surface area contributed by atoms with E-state index in [4.69, 9.17) is 14.7 Å². The maximum atomic E-state index is 12.1. The first-order valence-electron chi connectivity index (χ1n) is 12.7. The minimum Gasteiger partial charge on any atom is -0.462 e. The molecule has 2 saturated heterocycles. The highest BCUT2D eigenvalue weighted by Gasteiger charge is 2.29. The van der Waals surface area contributed by atoms with Crippen LogP contribution in [-0.4, -0.2) is 84.6 Å². The van der Waals surface area contributed by atoms with Gasteiger partial charge in [0.15, 0.2) is 0 Å². The number of fused-ring (bicyclic) bond motifs is 1. The molecule has 36 heavy (non-hydrogen) atoms. The van der Waals surface area contributed by atoms with E-state index in [0.717, 1.165) is 48.7 Å². The highest BCUT2D eigenvalue weighted by molar-refractivity contribution is 5.87. The second-order valence-electron chi connectivity index (χ2n) is 9.66. The van der Waals surface area contributed by atoms with Gasteiger partial charge in [-0.05, 0) is 51.1 Å². The van der Waals surface area contributed by atoms with Crippen molar-refractivity contribution in [3.05, 3.63) is 53.7 Å². The lowest BCUT2D eigenvalue weighted by atomic mass is 10.0. The SMILES string of the molecule is C=CC(=O)N1CCN(c2nc(OC[C@@H]3CCCN3C)nc3c2CCN(c2ccccc2C#N)C3)CC1. The monoisotopic (exact) mass is 487 g/mol. The van der Waals surface area contributed by atoms with Crippen LogP contribution in [-0.2, 0) is 17.8 Å². The van der Waals surface area contributed by atoms with Crippen LogP contribution in [0.15, 0.2) is 36.9 Å². The number of anilines is 2. The fraction of sp³-hybridized carbons (Fsp3) is 0.481. The van der Waals surface area contributed by atoms with E-state index in [1.165, 1.54) is 12.5 Å². The summed E-state index contributed by atoms with van der Waals surface area (Å²) in [5.74, 6) is 0.879. The first kappa shape index (κ1) is 24.1. The molecule has 2 fully saturated rings. The van der Waals surface area contributed by atoms with E-state index in [2.05, 4.69) is 34.4 Å². The van der Waals surface area contributed by atoms with Crippen LogP contribution in [0.25, 0.3) is 0 Å². The van der Waals surface area contributed by atoms with Gasteiger partial charge in [0.2, 0.25) is 5.91 Å². The summed E-state index contributed by atoms with van der Waals surface area (Å²) in [7, 11) is 2.13. The Labute approximate surface area is 212 Å². The lowest BCUT2D eigenvalue weighted by Gasteiger charge is -2.38. The van der Waals surface area contributed by atoms with E-state index in [9.17, 15) is 10.1 Å². The van der Waals surface area contributed by atoms with Crippen LogP contribution in [0.5, 0.6) is 6.01 Å². The molecule has 3 aliphatic heterocycles. The second kappa shape index (κ2) is 10.5. The van der Waals surface area contributed by atoms with Gasteiger partial charge in [0.05, 0.1) is 23.5 Å². The average molecular weight is 488 g/mol. The molecule has 9 heteroatoms. The van der Waals surface area contributed by atoms with Crippen molar-refractivity contribution in [3.63, 3.8) is 0 Å². The molecule has 0 aliphatic carbocycles. The van der Waals surface area contributed by atoms with Crippen molar-refractivity contribution in [3.8, 4) is 12.1 Å². The van der Waals surface area contributed by atoms with Crippen LogP contribution in [0.4, 0.5) is 11.5 Å². The second-order valence-corrected chi connectivity index (χ2v) is 9.66. The van der Waals surface area contributed by atoms with Crippen LogP contribution in [0.2, 0.25) is 0 Å². The van der Waals surface area contributed by atoms with Crippen LogP contribution >= 0.6 is 0 Å². The van der Waals surface area contributed by atoms with E-state index < -0.39 is 0 Å². The predicted octanol–water partition coefficient (Wildman–Crippen LogP) is 2.22. The van der Waals surface area contributed by atoms with Crippen molar-refractivity contribution in [2.24, 2.45) is 0 Å². The normalized spacial score (nSPS) is 20.1. The molecule has 0 unspecified atom stereocenters. The Morgan fingerprint density at radius 3 is 2.69 bits per heavy atom. The standard InChI is InChI=1S/C27H33N7O2/c1-3-25(35)32-13-15-33(16-14-32)26-22-10-12-34(24-9-5-4-7-20(24)17-28)18-23(22)29-27(30-26)36-19-21-8-6-11-31(21)2/h3-5,7,9,21H,1,6,8,10-16,18-19H2,2H3/t21-/m0/s1. The summed E-state index contributed by atoms with van der Waals surface area (Å²) in [6.07, 6.45) is 4.46. The van der Waals surface area contributed by atoms with Gasteiger partial charge in [0.1, 0.15) is 18.5 Å². The van der Waals surface area contributed by atoms with Crippen LogP contribution < -0.4 is 14.5 Å². The molecule has 1 aromatic heterocycles. The van der Waals surface area contributed by atoms with Gasteiger partial charge in [-0.15, -0.1) is 0 Å². The van der Waals surface area contributed by atoms with E-state index in [1.807, 2.05) is 29.2 Å². The predicted molar refractivity (Wildman–Crippen MR) is 138 cm³/mol. The lowest BCUT2D eigenvalue weighted by Crippen LogP contribution is -2.49. The Balaban J connectivity index is 1.42. The molecule has 0 spiro atoms. The molecule has 4 heterocycles. The number of likely N-dealkylation sites (tertiary alicyclic amines) is 1. The van der Waals surface area contributed by atoms with Crippen molar-refractivity contribution in [1.29, 1.82) is 5.26 Å². The fourth-order valence-electron chi connectivity index (χ4n) is 5.39. The number of rotatable bonds is 6. The van der Waals surface area contributed by atoms with Gasteiger partial charge >= 0.3 is 6.01 Å². The number of hydrogen-bond donors (Lipinski definition) is 0. The smallest absolute Gasteiger partial charge is 0.318 e. The highest BCUT2D eigenvalue weighted by atomic mass is 16.5. The number of para-hydroxylation sites is 1. The Bertz CT molecular complexity index is 1170. The van der Waals surface area contributed by atoms with E-state index in [-0.39, 0.29) is 5.91 Å². The third-order valence-corrected chi connectivity index (χ3v) is 7.53. The molecule has 1 amide bonds. The minimum atomic E-state index is -0.0316. The van der Waals surface area contributed by atoms with Crippen molar-refractivity contribution >= 4 is 17.4 Å². The summed E-state index contributed by atoms with van der Waals surface area (Å²) in [6, 6.07) is 10.8. The first-order chi connectivity index (χ1) is 17.6. The quantitative estimate of drug-likeness (QED) is 0.573. The van der Waals surface area contributed by atoms with Gasteiger partial charge in [0.25, 0.3) is 0 Å². The summed E-state index contributed by atoms with van der Waals surface area (Å²) < 4.78 is 6.18. The van der Waals surface area contributed by atoms with Gasteiger partial charge < -0.3 is 24.3 Å². The highest BCUT2D eigenvalue weighted by Crippen LogP contribution is 2.32. The Morgan fingerprint density at radius 1 is 1.17 bits per heavy atom. The number of aromatic nitrogens is 2. The third kappa shape index (κ3) is 4.86. The van der Waals surface area contributed by atoms with Crippen LogP contribution in [0.3, 0.4) is 0 Å². The maximum absolute atomic E-state index is 12.1. The van der Waals surface area contributed by atoms with E-state index in [0.29, 0.717) is 56.9 Å². The lowest BCUT2D eigenvalue weighted by molar-refractivity contribution is -0.126. The van der Waals surface area contributed by atoms with Crippen molar-refractivity contribution in [2.75, 3.05) is 62.7 Å². The van der Waals surface area contributed by atoms with Crippen molar-refractivity contribution in [2.45, 2.75) is 31.8 Å². The molecule has 0 bridgehead atoms. The summed E-state index contributed by atoms with van der Waals surface area (Å²) in [5.41, 5.74) is 3.67. The third-order valence-electron chi connectivity index (χ3n) is 7.53. The number of carbonyl (C=O) groups excluding carboxylic acids is 1. The zero-order valence-electron chi connectivity index (χ0n) is 20.9. The van der Waals surface area contributed by atoms with Gasteiger partial charge in [-0.1, -0.05) is 18.7 Å². The van der Waals surface area contributed by atoms with Gasteiger partial charge in [0, 0.05) is 44.3 Å². The average Bonchev–Trinajstić information content (AvgIpc) is 3.35. The molecule has 0 saturated carbocycles. The largest absolute Gasteiger partial charge is 0.462 e. The minimum absolute atomic E-state index is 0.0316. The maximum Gasteiger partial charge on any atom is 0.318 e. The number of piperazine rings is 1. The zero-order valence-corrected chi connectivity index (χ0v) is 20.9. The molecule has 0 N–H and O–H groups in total. The molecule has 9 nitrogen and oxygen atoms in total. The van der Waals surface area contributed by atoms with Crippen LogP contribution in [0.1, 0.15) is 29.7 Å². The Kier molecular flexibility index (Phi) is 7.05. The summed E-state index contributed by atoms with van der Waals surface area (Å²) >= 11 is 0. The number of amides is 1. The molecule has 0 radical (unpaired) electrons. The number of hydrogen-bond acceptors (Lipinski definition) is 8. The fourth-order valence-corrected chi connectivity index (χ4v) is 5.39. The van der Waals surface area contributed by atoms with Crippen molar-refractivity contribution in [1.82, 2.24) is 19.8 Å². The number of benzene rings is 1. The number of likely N-dealkylation sites (N-methyl/N-ethyl adjacent to an activating group) is 1. The molecule has 2 aromatic rings. The van der Waals surface area contributed by atoms with Gasteiger partial charge in [-0.2, -0.15) is 15.2 Å². The van der Waals surface area contributed by atoms with Gasteiger partial charge in [-0.25, -0.2) is 0 Å². The number of nitriles is 1. The summed E-state index contributed by atoms with van der Waals surface area (Å²) in [6.45, 7) is 9.32. The number of carbonyl (C=O) groups is 1. The first-order valence-corrected chi connectivity index (χ1v) is 12.7. The molecule has 5 rings (SSSR count). The van der Waals surface area contributed by atoms with Crippen molar-refractivity contribution < 1.29 is 9.53 Å². The molecular weight excluding hydrogens is 454 g/mol. The summed E-state index contributed by atoms with van der Waals surface area (Å²) in [5, 5.41) is 9.61. The zero-order chi connectivity index (χ0) is 25.1. The van der Waals surface area contributed by atoms with E-state index in [1.54, 1.807) is 0 Å². The molecule has 1 atom stereocenters.